The fourth-order valence-electron chi connectivity index (χ4n) is 2.68. The molecule has 0 radical (unpaired) electrons. The molecule has 0 amide bonds. The molecule has 1 aliphatic carbocycles. The average Bonchev–Trinajstić information content (AvgIpc) is 2.61. The van der Waals surface area contributed by atoms with Gasteiger partial charge in [0, 0.05) is 11.8 Å². The first-order valence-electron chi connectivity index (χ1n) is 8.53. The summed E-state index contributed by atoms with van der Waals surface area (Å²) in [6, 6.07) is 16.1. The van der Waals surface area contributed by atoms with Crippen LogP contribution in [0.15, 0.2) is 54.6 Å². The number of carbonyl (C=O) groups excluding carboxylic acids is 1. The first-order valence-corrected chi connectivity index (χ1v) is 13.3. The van der Waals surface area contributed by atoms with E-state index in [1.807, 2.05) is 42.5 Å². The lowest BCUT2D eigenvalue weighted by molar-refractivity contribution is -0.114. The number of halogens is 4. The van der Waals surface area contributed by atoms with Gasteiger partial charge in [-0.05, 0) is 89.0 Å². The summed E-state index contributed by atoms with van der Waals surface area (Å²) in [6.07, 6.45) is 4.11. The molecule has 0 saturated heterocycles. The molecule has 2 aromatic carbocycles. The number of pyridine rings is 1. The number of hydrogen-bond donors (Lipinski definition) is 0. The van der Waals surface area contributed by atoms with E-state index in [9.17, 15) is 9.36 Å². The van der Waals surface area contributed by atoms with E-state index in [0.717, 1.165) is 16.5 Å². The molecule has 1 aliphatic rings. The fraction of sp³-hybridized carbons (Fsp3) is 0.143. The number of allylic oxidation sites excluding steroid dienone is 1. The van der Waals surface area contributed by atoms with Crippen LogP contribution < -0.4 is 0 Å². The maximum absolute atomic E-state index is 11.0. The van der Waals surface area contributed by atoms with Crippen molar-refractivity contribution in [2.75, 3.05) is 0 Å². The van der Waals surface area contributed by atoms with E-state index < -0.39 is 5.20 Å². The maximum atomic E-state index is 11.0. The van der Waals surface area contributed by atoms with Gasteiger partial charge in [0.15, 0.2) is 5.78 Å². The lowest BCUT2D eigenvalue weighted by Crippen LogP contribution is -2.04. The van der Waals surface area contributed by atoms with Crippen LogP contribution in [0.1, 0.15) is 22.3 Å². The Morgan fingerprint density at radius 2 is 1.52 bits per heavy atom. The van der Waals surface area contributed by atoms with E-state index >= 15 is 0 Å². The van der Waals surface area contributed by atoms with Crippen LogP contribution in [-0.2, 0) is 15.8 Å². The van der Waals surface area contributed by atoms with Gasteiger partial charge < -0.3 is 0 Å². The van der Waals surface area contributed by atoms with Crippen molar-refractivity contribution >= 4 is 73.3 Å². The van der Waals surface area contributed by atoms with Gasteiger partial charge in [-0.3, -0.25) is 9.36 Å². The van der Waals surface area contributed by atoms with Gasteiger partial charge in [0.05, 0.1) is 5.52 Å². The highest BCUT2D eigenvalue weighted by Gasteiger charge is 2.09. The standard InChI is InChI=1S/C11H10O.C10H8ClN.Cl3OP/c1-8-2-3-10-7-11(12)5-4-9(10)6-8;1-7-2-4-9-8(6-7)3-5-10(11)12-9;1-5(2,3)4/h2-6H,7H2,1H3;2-6H,1H3;. The van der Waals surface area contributed by atoms with Crippen LogP contribution in [0.4, 0.5) is 0 Å². The topological polar surface area (TPSA) is 47.0 Å². The molecule has 1 aromatic heterocycles. The molecule has 0 spiro atoms. The molecule has 0 N–H and O–H groups in total. The van der Waals surface area contributed by atoms with Crippen LogP contribution >= 0.6 is 50.5 Å². The Morgan fingerprint density at radius 3 is 2.21 bits per heavy atom. The lowest BCUT2D eigenvalue weighted by atomic mass is 9.95. The SMILES string of the molecule is Cc1ccc2c(c1)C=CC(=O)C2.Cc1ccc2nc(Cl)ccc2c1.O=P(Cl)(Cl)Cl. The number of benzene rings is 2. The normalized spacial score (nSPS) is 12.4. The molecule has 0 fully saturated rings. The zero-order valence-electron chi connectivity index (χ0n) is 15.7. The van der Waals surface area contributed by atoms with Crippen molar-refractivity contribution in [1.82, 2.24) is 4.98 Å². The quantitative estimate of drug-likeness (QED) is 0.237. The number of fused-ring (bicyclic) bond motifs is 2. The highest BCUT2D eigenvalue weighted by atomic mass is 36.0. The average molecular weight is 489 g/mol. The van der Waals surface area contributed by atoms with Gasteiger partial charge in [0.25, 0.3) is 0 Å². The van der Waals surface area contributed by atoms with Gasteiger partial charge in [-0.15, -0.1) is 0 Å². The van der Waals surface area contributed by atoms with Crippen molar-refractivity contribution in [1.29, 1.82) is 0 Å². The smallest absolute Gasteiger partial charge is 0.294 e. The molecule has 0 bridgehead atoms. The van der Waals surface area contributed by atoms with Gasteiger partial charge >= 0.3 is 5.20 Å². The van der Waals surface area contributed by atoms with E-state index in [0.29, 0.717) is 11.6 Å². The van der Waals surface area contributed by atoms with Gasteiger partial charge in [-0.2, -0.15) is 0 Å². The predicted molar refractivity (Wildman–Crippen MR) is 126 cm³/mol. The highest BCUT2D eigenvalue weighted by molar-refractivity contribution is 8.24. The van der Waals surface area contributed by atoms with Crippen LogP contribution in [0.3, 0.4) is 0 Å². The first kappa shape index (κ1) is 23.9. The van der Waals surface area contributed by atoms with Crippen molar-refractivity contribution < 1.29 is 9.36 Å². The molecule has 0 atom stereocenters. The van der Waals surface area contributed by atoms with Crippen molar-refractivity contribution in [3.05, 3.63) is 82.0 Å². The molecule has 152 valence electrons. The summed E-state index contributed by atoms with van der Waals surface area (Å²) >= 11 is 19.6. The number of rotatable bonds is 0. The molecule has 8 heteroatoms. The Kier molecular flexibility index (Phi) is 8.75. The molecule has 3 aromatic rings. The van der Waals surface area contributed by atoms with Gasteiger partial charge in [0.2, 0.25) is 0 Å². The summed E-state index contributed by atoms with van der Waals surface area (Å²) in [5.74, 6) is 0.200. The number of hydrogen-bond acceptors (Lipinski definition) is 3. The number of aryl methyl sites for hydroxylation is 2. The van der Waals surface area contributed by atoms with Crippen LogP contribution in [0.5, 0.6) is 0 Å². The van der Waals surface area contributed by atoms with Crippen LogP contribution in [-0.4, -0.2) is 10.8 Å². The fourth-order valence-corrected chi connectivity index (χ4v) is 2.83. The third kappa shape index (κ3) is 8.90. The number of aromatic nitrogens is 1. The molecule has 3 nitrogen and oxygen atoms in total. The molecule has 0 aliphatic heterocycles. The Hall–Kier alpha value is -1.35. The molecule has 1 heterocycles. The largest absolute Gasteiger partial charge is 0.339 e. The van der Waals surface area contributed by atoms with Crippen molar-refractivity contribution in [2.45, 2.75) is 20.3 Å². The summed E-state index contributed by atoms with van der Waals surface area (Å²) < 4.78 is 9.51. The van der Waals surface area contributed by atoms with E-state index in [-0.39, 0.29) is 5.78 Å². The third-order valence-corrected chi connectivity index (χ3v) is 4.14. The van der Waals surface area contributed by atoms with E-state index in [2.05, 4.69) is 64.7 Å². The monoisotopic (exact) mass is 487 g/mol. The zero-order valence-corrected chi connectivity index (χ0v) is 19.6. The van der Waals surface area contributed by atoms with Crippen LogP contribution in [0, 0.1) is 13.8 Å². The van der Waals surface area contributed by atoms with Crippen molar-refractivity contribution in [2.24, 2.45) is 0 Å². The minimum absolute atomic E-state index is 0.200. The summed E-state index contributed by atoms with van der Waals surface area (Å²) in [5.41, 5.74) is 5.77. The number of ketones is 1. The van der Waals surface area contributed by atoms with E-state index in [1.54, 1.807) is 6.08 Å². The molecule has 0 saturated carbocycles. The Labute approximate surface area is 189 Å². The second-order valence-electron chi connectivity index (χ2n) is 6.41. The molecular formula is C21H18Cl4NO2P. The summed E-state index contributed by atoms with van der Waals surface area (Å²) in [5, 5.41) is -1.54. The molecule has 4 rings (SSSR count). The number of carbonyl (C=O) groups is 1. The van der Waals surface area contributed by atoms with Gasteiger partial charge in [-0.25, -0.2) is 4.98 Å². The minimum atomic E-state index is -3.22. The minimum Gasteiger partial charge on any atom is -0.294 e. The number of nitrogens with zero attached hydrogens (tertiary/aromatic N) is 1. The summed E-state index contributed by atoms with van der Waals surface area (Å²) in [6.45, 7) is 4.12. The van der Waals surface area contributed by atoms with Crippen molar-refractivity contribution in [3.63, 3.8) is 0 Å². The Morgan fingerprint density at radius 1 is 0.897 bits per heavy atom. The first-order chi connectivity index (χ1) is 13.5. The molecule has 0 unspecified atom stereocenters. The van der Waals surface area contributed by atoms with Crippen molar-refractivity contribution in [3.8, 4) is 0 Å². The van der Waals surface area contributed by atoms with Gasteiger partial charge in [-0.1, -0.05) is 53.1 Å². The molecular weight excluding hydrogens is 471 g/mol. The third-order valence-electron chi connectivity index (χ3n) is 3.93. The summed E-state index contributed by atoms with van der Waals surface area (Å²) in [7, 11) is 0. The van der Waals surface area contributed by atoms with E-state index in [4.69, 9.17) is 11.6 Å². The van der Waals surface area contributed by atoms with Crippen LogP contribution in [0.2, 0.25) is 5.15 Å². The summed E-state index contributed by atoms with van der Waals surface area (Å²) in [4.78, 5) is 15.2. The predicted octanol–water partition coefficient (Wildman–Crippen LogP) is 8.14. The molecule has 29 heavy (non-hydrogen) atoms. The van der Waals surface area contributed by atoms with E-state index in [1.165, 1.54) is 16.7 Å². The Balaban J connectivity index is 0.000000170. The Bertz CT molecular complexity index is 1060. The zero-order chi connectivity index (χ0) is 21.6. The lowest BCUT2D eigenvalue weighted by Gasteiger charge is -2.09. The second kappa shape index (κ2) is 10.6. The maximum Gasteiger partial charge on any atom is 0.339 e. The van der Waals surface area contributed by atoms with Gasteiger partial charge in [0.1, 0.15) is 5.15 Å². The van der Waals surface area contributed by atoms with Crippen LogP contribution in [0.25, 0.3) is 17.0 Å². The second-order valence-corrected chi connectivity index (χ2v) is 13.4. The highest BCUT2D eigenvalue weighted by Crippen LogP contribution is 2.61.